The Kier molecular flexibility index (Phi) is 5.12. The quantitative estimate of drug-likeness (QED) is 0.781. The normalized spacial score (nSPS) is 12.5. The summed E-state index contributed by atoms with van der Waals surface area (Å²) >= 11 is 0. The maximum absolute atomic E-state index is 13.3. The third kappa shape index (κ3) is 3.88. The van der Waals surface area contributed by atoms with Crippen LogP contribution in [0.4, 0.5) is 4.39 Å². The van der Waals surface area contributed by atoms with Crippen LogP contribution < -0.4 is 10.1 Å². The molecule has 0 spiro atoms. The van der Waals surface area contributed by atoms with Crippen molar-refractivity contribution in [1.29, 1.82) is 0 Å². The minimum atomic E-state index is -0.297. The second kappa shape index (κ2) is 6.40. The molecule has 3 heteroatoms. The van der Waals surface area contributed by atoms with Crippen molar-refractivity contribution in [2.75, 3.05) is 13.6 Å². The zero-order chi connectivity index (χ0) is 11.1. The molecular weight excluding hydrogens is 193 g/mol. The molecule has 1 aromatic carbocycles. The maximum Gasteiger partial charge on any atom is 0.165 e. The predicted octanol–water partition coefficient (Wildman–Crippen LogP) is 2.59. The van der Waals surface area contributed by atoms with Crippen molar-refractivity contribution in [3.8, 4) is 5.75 Å². The summed E-state index contributed by atoms with van der Waals surface area (Å²) in [6.45, 7) is 2.83. The van der Waals surface area contributed by atoms with E-state index in [2.05, 4.69) is 12.2 Å². The fourth-order valence-electron chi connectivity index (χ4n) is 1.47. The highest BCUT2D eigenvalue weighted by Crippen LogP contribution is 2.18. The number of likely N-dealkylation sites (N-methyl/N-ethyl adjacent to an activating group) is 1. The summed E-state index contributed by atoms with van der Waals surface area (Å²) in [7, 11) is 1.87. The van der Waals surface area contributed by atoms with Gasteiger partial charge in [0.1, 0.15) is 6.10 Å². The number of hydrogen-bond acceptors (Lipinski definition) is 2. The minimum Gasteiger partial charge on any atom is -0.486 e. The van der Waals surface area contributed by atoms with Crippen LogP contribution >= 0.6 is 0 Å². The van der Waals surface area contributed by atoms with Gasteiger partial charge in [-0.05, 0) is 25.6 Å². The van der Waals surface area contributed by atoms with Gasteiger partial charge in [-0.3, -0.25) is 0 Å². The predicted molar refractivity (Wildman–Crippen MR) is 59.7 cm³/mol. The first-order valence-electron chi connectivity index (χ1n) is 5.33. The molecule has 0 amide bonds. The van der Waals surface area contributed by atoms with E-state index in [9.17, 15) is 4.39 Å². The summed E-state index contributed by atoms with van der Waals surface area (Å²) in [5, 5.41) is 3.04. The van der Waals surface area contributed by atoms with Crippen molar-refractivity contribution in [1.82, 2.24) is 5.32 Å². The van der Waals surface area contributed by atoms with E-state index in [-0.39, 0.29) is 11.9 Å². The average molecular weight is 211 g/mol. The van der Waals surface area contributed by atoms with Gasteiger partial charge in [-0.2, -0.15) is 0 Å². The highest BCUT2D eigenvalue weighted by atomic mass is 19.1. The van der Waals surface area contributed by atoms with Crippen molar-refractivity contribution in [2.24, 2.45) is 0 Å². The summed E-state index contributed by atoms with van der Waals surface area (Å²) in [5.74, 6) is 0.0425. The number of halogens is 1. The summed E-state index contributed by atoms with van der Waals surface area (Å²) in [4.78, 5) is 0. The van der Waals surface area contributed by atoms with Gasteiger partial charge in [0.25, 0.3) is 0 Å². The van der Waals surface area contributed by atoms with Crippen molar-refractivity contribution < 1.29 is 9.13 Å². The molecule has 0 saturated heterocycles. The van der Waals surface area contributed by atoms with E-state index in [4.69, 9.17) is 4.74 Å². The molecule has 0 heterocycles. The number of ether oxygens (including phenoxy) is 1. The van der Waals surface area contributed by atoms with Gasteiger partial charge in [0.15, 0.2) is 11.6 Å². The third-order valence-electron chi connectivity index (χ3n) is 2.17. The lowest BCUT2D eigenvalue weighted by molar-refractivity contribution is 0.181. The topological polar surface area (TPSA) is 21.3 Å². The van der Waals surface area contributed by atoms with E-state index in [0.29, 0.717) is 5.75 Å². The van der Waals surface area contributed by atoms with Gasteiger partial charge in [0.2, 0.25) is 0 Å². The minimum absolute atomic E-state index is 0.0388. The maximum atomic E-state index is 13.3. The molecule has 0 fully saturated rings. The van der Waals surface area contributed by atoms with E-state index in [1.807, 2.05) is 7.05 Å². The first-order chi connectivity index (χ1) is 7.27. The fraction of sp³-hybridized carbons (Fsp3) is 0.500. The number of benzene rings is 1. The van der Waals surface area contributed by atoms with Crippen LogP contribution in [0.1, 0.15) is 19.8 Å². The number of hydrogen-bond donors (Lipinski definition) is 1. The second-order valence-corrected chi connectivity index (χ2v) is 3.52. The molecule has 1 unspecified atom stereocenters. The highest BCUT2D eigenvalue weighted by Gasteiger charge is 2.10. The molecule has 1 atom stereocenters. The Morgan fingerprint density at radius 1 is 1.40 bits per heavy atom. The molecular formula is C12H18FNO. The van der Waals surface area contributed by atoms with Crippen LogP contribution in [0, 0.1) is 5.82 Å². The Morgan fingerprint density at radius 3 is 2.73 bits per heavy atom. The van der Waals surface area contributed by atoms with Crippen LogP contribution in [0.3, 0.4) is 0 Å². The Labute approximate surface area is 90.4 Å². The molecule has 1 rings (SSSR count). The molecule has 2 nitrogen and oxygen atoms in total. The van der Waals surface area contributed by atoms with Crippen molar-refractivity contribution in [3.05, 3.63) is 30.1 Å². The van der Waals surface area contributed by atoms with Gasteiger partial charge in [-0.15, -0.1) is 0 Å². The Morgan fingerprint density at radius 2 is 2.13 bits per heavy atom. The van der Waals surface area contributed by atoms with Crippen LogP contribution in [-0.2, 0) is 0 Å². The molecule has 0 aliphatic carbocycles. The van der Waals surface area contributed by atoms with E-state index in [1.165, 1.54) is 6.07 Å². The zero-order valence-corrected chi connectivity index (χ0v) is 9.29. The van der Waals surface area contributed by atoms with E-state index in [0.717, 1.165) is 19.4 Å². The average Bonchev–Trinajstić information content (AvgIpc) is 2.22. The Bertz CT molecular complexity index is 285. The van der Waals surface area contributed by atoms with E-state index >= 15 is 0 Å². The number of rotatable bonds is 6. The fourth-order valence-corrected chi connectivity index (χ4v) is 1.47. The van der Waals surface area contributed by atoms with Gasteiger partial charge in [-0.1, -0.05) is 25.5 Å². The number of nitrogens with one attached hydrogen (secondary N) is 1. The molecule has 0 radical (unpaired) electrons. The Hall–Kier alpha value is -1.09. The molecule has 0 aliphatic rings. The molecule has 15 heavy (non-hydrogen) atoms. The van der Waals surface area contributed by atoms with Crippen LogP contribution in [0.5, 0.6) is 5.75 Å². The van der Waals surface area contributed by atoms with E-state index in [1.54, 1.807) is 18.2 Å². The van der Waals surface area contributed by atoms with Gasteiger partial charge in [0.05, 0.1) is 0 Å². The molecule has 0 saturated carbocycles. The Balaban J connectivity index is 2.60. The SMILES string of the molecule is CCCC(CNC)Oc1ccccc1F. The van der Waals surface area contributed by atoms with E-state index < -0.39 is 0 Å². The standard InChI is InChI=1S/C12H18FNO/c1-3-6-10(9-14-2)15-12-8-5-4-7-11(12)13/h4-5,7-8,10,14H,3,6,9H2,1-2H3. The van der Waals surface area contributed by atoms with Crippen molar-refractivity contribution >= 4 is 0 Å². The summed E-state index contributed by atoms with van der Waals surface area (Å²) in [6.07, 6.45) is 1.99. The first-order valence-corrected chi connectivity index (χ1v) is 5.33. The molecule has 0 bridgehead atoms. The summed E-state index contributed by atoms with van der Waals surface area (Å²) in [6, 6.07) is 6.52. The lowest BCUT2D eigenvalue weighted by Gasteiger charge is -2.18. The van der Waals surface area contributed by atoms with Crippen LogP contribution in [0.25, 0.3) is 0 Å². The molecule has 84 valence electrons. The van der Waals surface area contributed by atoms with Crippen LogP contribution in [0.2, 0.25) is 0 Å². The summed E-state index contributed by atoms with van der Waals surface area (Å²) < 4.78 is 18.9. The number of para-hydroxylation sites is 1. The van der Waals surface area contributed by atoms with Crippen molar-refractivity contribution in [3.63, 3.8) is 0 Å². The van der Waals surface area contributed by atoms with Gasteiger partial charge >= 0.3 is 0 Å². The van der Waals surface area contributed by atoms with Crippen LogP contribution in [-0.4, -0.2) is 19.7 Å². The van der Waals surface area contributed by atoms with Gasteiger partial charge in [-0.25, -0.2) is 4.39 Å². The molecule has 1 N–H and O–H groups in total. The molecule has 0 aromatic heterocycles. The largest absolute Gasteiger partial charge is 0.486 e. The van der Waals surface area contributed by atoms with Gasteiger partial charge in [0, 0.05) is 6.54 Å². The lowest BCUT2D eigenvalue weighted by atomic mass is 10.2. The molecule has 1 aromatic rings. The summed E-state index contributed by atoms with van der Waals surface area (Å²) in [5.41, 5.74) is 0. The first kappa shape index (κ1) is 12.0. The van der Waals surface area contributed by atoms with Gasteiger partial charge < -0.3 is 10.1 Å². The monoisotopic (exact) mass is 211 g/mol. The van der Waals surface area contributed by atoms with Crippen molar-refractivity contribution in [2.45, 2.75) is 25.9 Å². The zero-order valence-electron chi connectivity index (χ0n) is 9.29. The van der Waals surface area contributed by atoms with Crippen LogP contribution in [0.15, 0.2) is 24.3 Å². The second-order valence-electron chi connectivity index (χ2n) is 3.52. The highest BCUT2D eigenvalue weighted by molar-refractivity contribution is 5.23. The molecule has 0 aliphatic heterocycles. The smallest absolute Gasteiger partial charge is 0.165 e. The lowest BCUT2D eigenvalue weighted by Crippen LogP contribution is -2.29. The third-order valence-corrected chi connectivity index (χ3v) is 2.17.